The van der Waals surface area contributed by atoms with Crippen molar-refractivity contribution in [1.29, 1.82) is 0 Å². The van der Waals surface area contributed by atoms with E-state index in [4.69, 9.17) is 0 Å². The van der Waals surface area contributed by atoms with E-state index < -0.39 is 0 Å². The molecule has 2 amide bonds. The third-order valence-electron chi connectivity index (χ3n) is 5.00. The summed E-state index contributed by atoms with van der Waals surface area (Å²) >= 11 is 2.86. The third-order valence-corrected chi connectivity index (χ3v) is 7.07. The molecule has 1 N–H and O–H groups in total. The van der Waals surface area contributed by atoms with Gasteiger partial charge >= 0.3 is 0 Å². The average Bonchev–Trinajstić information content (AvgIpc) is 3.31. The van der Waals surface area contributed by atoms with Gasteiger partial charge in [-0.2, -0.15) is 0 Å². The summed E-state index contributed by atoms with van der Waals surface area (Å²) in [5.41, 5.74) is 4.92. The largest absolute Gasteiger partial charge is 0.325 e. The van der Waals surface area contributed by atoms with Crippen LogP contribution in [0, 0.1) is 6.92 Å². The van der Waals surface area contributed by atoms with Gasteiger partial charge in [-0.1, -0.05) is 47.7 Å². The predicted octanol–water partition coefficient (Wildman–Crippen LogP) is 4.70. The molecule has 2 heterocycles. The number of aromatic nitrogens is 1. The van der Waals surface area contributed by atoms with E-state index in [0.717, 1.165) is 33.4 Å². The summed E-state index contributed by atoms with van der Waals surface area (Å²) in [4.78, 5) is 31.5. The van der Waals surface area contributed by atoms with Crippen LogP contribution in [-0.2, 0) is 22.4 Å². The minimum Gasteiger partial charge on any atom is -0.325 e. The second-order valence-electron chi connectivity index (χ2n) is 7.43. The number of hydrogen-bond acceptors (Lipinski definition) is 5. The van der Waals surface area contributed by atoms with E-state index in [0.29, 0.717) is 0 Å². The maximum absolute atomic E-state index is 12.9. The Kier molecular flexibility index (Phi) is 6.20. The molecular weight excluding hydrogens is 414 g/mol. The van der Waals surface area contributed by atoms with E-state index in [-0.39, 0.29) is 30.0 Å². The second-order valence-corrected chi connectivity index (χ2v) is 9.51. The highest BCUT2D eigenvalue weighted by atomic mass is 32.2. The van der Waals surface area contributed by atoms with Crippen LogP contribution in [0.5, 0.6) is 0 Å². The van der Waals surface area contributed by atoms with Crippen molar-refractivity contribution in [2.45, 2.75) is 37.1 Å². The van der Waals surface area contributed by atoms with Gasteiger partial charge in [0, 0.05) is 22.8 Å². The first-order valence-corrected chi connectivity index (χ1v) is 11.7. The minimum absolute atomic E-state index is 0.0615. The van der Waals surface area contributed by atoms with Crippen molar-refractivity contribution < 1.29 is 9.59 Å². The summed E-state index contributed by atoms with van der Waals surface area (Å²) in [5.74, 6) is 0.274. The zero-order chi connectivity index (χ0) is 21.1. The van der Waals surface area contributed by atoms with Crippen LogP contribution >= 0.6 is 23.1 Å². The van der Waals surface area contributed by atoms with Crippen molar-refractivity contribution in [3.63, 3.8) is 0 Å². The number of rotatable bonds is 6. The molecule has 1 atom stereocenters. The fourth-order valence-electron chi connectivity index (χ4n) is 3.58. The van der Waals surface area contributed by atoms with Crippen LogP contribution in [0.3, 0.4) is 0 Å². The molecule has 4 rings (SSSR count). The molecule has 1 aliphatic rings. The lowest BCUT2D eigenvalue weighted by Crippen LogP contribution is -2.36. The standard InChI is InChI=1S/C23H23N3O2S2/c1-15-7-9-18(10-8-15)24-21(27)14-30-23-25-19(13-29-23)12-22(28)26-16(2)11-17-5-3-4-6-20(17)26/h3-10,13,16H,11-12,14H2,1-2H3,(H,24,27)/t16-/m1/s1. The summed E-state index contributed by atoms with van der Waals surface area (Å²) < 4.78 is 0.798. The van der Waals surface area contributed by atoms with E-state index in [1.807, 2.05) is 59.7 Å². The van der Waals surface area contributed by atoms with Crippen LogP contribution in [-0.4, -0.2) is 28.6 Å². The third kappa shape index (κ3) is 4.74. The van der Waals surface area contributed by atoms with Gasteiger partial charge in [0.25, 0.3) is 0 Å². The molecule has 7 heteroatoms. The number of amides is 2. The number of thioether (sulfide) groups is 1. The van der Waals surface area contributed by atoms with E-state index in [2.05, 4.69) is 23.3 Å². The Morgan fingerprint density at radius 2 is 1.97 bits per heavy atom. The molecule has 1 aromatic heterocycles. The lowest BCUT2D eigenvalue weighted by atomic mass is 10.1. The summed E-state index contributed by atoms with van der Waals surface area (Å²) in [5, 5.41) is 4.79. The molecule has 0 spiro atoms. The number of para-hydroxylation sites is 1. The summed E-state index contributed by atoms with van der Waals surface area (Å²) in [6, 6.07) is 15.9. The van der Waals surface area contributed by atoms with Crippen LogP contribution < -0.4 is 10.2 Å². The number of carbonyl (C=O) groups excluding carboxylic acids is 2. The van der Waals surface area contributed by atoms with Gasteiger partial charge in [-0.25, -0.2) is 4.98 Å². The van der Waals surface area contributed by atoms with Gasteiger partial charge in [0.1, 0.15) is 0 Å². The number of fused-ring (bicyclic) bond motifs is 1. The molecule has 0 bridgehead atoms. The highest BCUT2D eigenvalue weighted by molar-refractivity contribution is 8.01. The zero-order valence-electron chi connectivity index (χ0n) is 16.9. The van der Waals surface area contributed by atoms with Crippen LogP contribution in [0.1, 0.15) is 23.7 Å². The van der Waals surface area contributed by atoms with Crippen molar-refractivity contribution in [3.8, 4) is 0 Å². The molecule has 3 aromatic rings. The maximum atomic E-state index is 12.9. The van der Waals surface area contributed by atoms with Crippen LogP contribution in [0.15, 0.2) is 58.3 Å². The normalized spacial score (nSPS) is 15.1. The lowest BCUT2D eigenvalue weighted by Gasteiger charge is -2.22. The van der Waals surface area contributed by atoms with E-state index in [1.54, 1.807) is 0 Å². The first kappa shape index (κ1) is 20.6. The number of nitrogens with one attached hydrogen (secondary N) is 1. The van der Waals surface area contributed by atoms with Crippen LogP contribution in [0.25, 0.3) is 0 Å². The highest BCUT2D eigenvalue weighted by Crippen LogP contribution is 2.32. The molecule has 0 radical (unpaired) electrons. The molecule has 0 aliphatic carbocycles. The van der Waals surface area contributed by atoms with Gasteiger partial charge in [0.15, 0.2) is 4.34 Å². The zero-order valence-corrected chi connectivity index (χ0v) is 18.6. The maximum Gasteiger partial charge on any atom is 0.234 e. The molecule has 0 unspecified atom stereocenters. The molecule has 0 saturated heterocycles. The van der Waals surface area contributed by atoms with Gasteiger partial charge in [-0.05, 0) is 44.0 Å². The molecule has 0 saturated carbocycles. The molecule has 30 heavy (non-hydrogen) atoms. The van der Waals surface area contributed by atoms with Crippen molar-refractivity contribution >= 4 is 46.3 Å². The Morgan fingerprint density at radius 3 is 2.77 bits per heavy atom. The molecule has 5 nitrogen and oxygen atoms in total. The number of hydrogen-bond donors (Lipinski definition) is 1. The number of carbonyl (C=O) groups is 2. The number of aryl methyl sites for hydroxylation is 1. The minimum atomic E-state index is -0.0702. The number of thiazole rings is 1. The Labute approximate surface area is 184 Å². The Hall–Kier alpha value is -2.64. The Morgan fingerprint density at radius 1 is 1.20 bits per heavy atom. The monoisotopic (exact) mass is 437 g/mol. The summed E-state index contributed by atoms with van der Waals surface area (Å²) in [6.45, 7) is 4.09. The number of benzene rings is 2. The smallest absolute Gasteiger partial charge is 0.234 e. The number of nitrogens with zero attached hydrogens (tertiary/aromatic N) is 2. The van der Waals surface area contributed by atoms with Crippen LogP contribution in [0.4, 0.5) is 11.4 Å². The fourth-order valence-corrected chi connectivity index (χ4v) is 5.23. The van der Waals surface area contributed by atoms with E-state index in [9.17, 15) is 9.59 Å². The van der Waals surface area contributed by atoms with Gasteiger partial charge < -0.3 is 10.2 Å². The van der Waals surface area contributed by atoms with Crippen molar-refractivity contribution in [3.05, 3.63) is 70.7 Å². The Balaban J connectivity index is 1.31. The van der Waals surface area contributed by atoms with Crippen molar-refractivity contribution in [2.24, 2.45) is 0 Å². The van der Waals surface area contributed by atoms with Crippen LogP contribution in [0.2, 0.25) is 0 Å². The van der Waals surface area contributed by atoms with Gasteiger partial charge in [0.2, 0.25) is 11.8 Å². The van der Waals surface area contributed by atoms with E-state index in [1.165, 1.54) is 28.7 Å². The van der Waals surface area contributed by atoms with Crippen molar-refractivity contribution in [2.75, 3.05) is 16.0 Å². The number of anilines is 2. The molecule has 154 valence electrons. The van der Waals surface area contributed by atoms with Gasteiger partial charge in [-0.3, -0.25) is 9.59 Å². The topological polar surface area (TPSA) is 62.3 Å². The second kappa shape index (κ2) is 9.02. The fraction of sp³-hybridized carbons (Fsp3) is 0.261. The first-order chi connectivity index (χ1) is 14.5. The molecular formula is C23H23N3O2S2. The van der Waals surface area contributed by atoms with E-state index >= 15 is 0 Å². The summed E-state index contributed by atoms with van der Waals surface area (Å²) in [6.07, 6.45) is 1.15. The molecule has 2 aromatic carbocycles. The van der Waals surface area contributed by atoms with Crippen molar-refractivity contribution in [1.82, 2.24) is 4.98 Å². The quantitative estimate of drug-likeness (QED) is 0.568. The summed E-state index contributed by atoms with van der Waals surface area (Å²) in [7, 11) is 0. The Bertz CT molecular complexity index is 1060. The molecule has 1 aliphatic heterocycles. The predicted molar refractivity (Wildman–Crippen MR) is 123 cm³/mol. The van der Waals surface area contributed by atoms with Gasteiger partial charge in [0.05, 0.1) is 17.9 Å². The average molecular weight is 438 g/mol. The highest BCUT2D eigenvalue weighted by Gasteiger charge is 2.30. The first-order valence-electron chi connectivity index (χ1n) is 9.83. The molecule has 0 fully saturated rings. The SMILES string of the molecule is Cc1ccc(NC(=O)CSc2nc(CC(=O)N3c4ccccc4C[C@H]3C)cs2)cc1. The van der Waals surface area contributed by atoms with Gasteiger partial charge in [-0.15, -0.1) is 11.3 Å². The lowest BCUT2D eigenvalue weighted by molar-refractivity contribution is -0.118.